The van der Waals surface area contributed by atoms with Crippen LogP contribution < -0.4 is 0 Å². The summed E-state index contributed by atoms with van der Waals surface area (Å²) in [5.41, 5.74) is 2.21. The van der Waals surface area contributed by atoms with Crippen LogP contribution in [0.2, 0.25) is 0 Å². The van der Waals surface area contributed by atoms with Gasteiger partial charge in [0, 0.05) is 49.7 Å². The molecule has 0 spiro atoms. The Balaban J connectivity index is 1.60. The van der Waals surface area contributed by atoms with E-state index in [1.54, 1.807) is 27.5 Å². The number of carboxylic acids is 1. The molecule has 10 nitrogen and oxygen atoms in total. The number of aromatic carboxylic acids is 1. The number of ether oxygens (including phenoxy) is 1. The third-order valence-corrected chi connectivity index (χ3v) is 5.89. The quantitative estimate of drug-likeness (QED) is 0.449. The van der Waals surface area contributed by atoms with Crippen molar-refractivity contribution in [1.29, 1.82) is 0 Å². The van der Waals surface area contributed by atoms with Gasteiger partial charge in [0.25, 0.3) is 0 Å². The molecule has 0 aromatic carbocycles. The van der Waals surface area contributed by atoms with Gasteiger partial charge in [0.15, 0.2) is 5.76 Å². The fourth-order valence-electron chi connectivity index (χ4n) is 3.17. The number of aromatic nitrogens is 4. The lowest BCUT2D eigenvalue weighted by Gasteiger charge is -2.22. The van der Waals surface area contributed by atoms with Gasteiger partial charge in [-0.2, -0.15) is 11.3 Å². The van der Waals surface area contributed by atoms with E-state index < -0.39 is 5.97 Å². The number of carboxylic acid groups (broad SMARTS) is 1. The van der Waals surface area contributed by atoms with Crippen LogP contribution in [0.15, 0.2) is 27.5 Å². The predicted octanol–water partition coefficient (Wildman–Crippen LogP) is 2.63. The van der Waals surface area contributed by atoms with Crippen molar-refractivity contribution in [2.24, 2.45) is 0 Å². The molecule has 3 rings (SSSR count). The molecule has 178 valence electrons. The predicted molar refractivity (Wildman–Crippen MR) is 121 cm³/mol. The van der Waals surface area contributed by atoms with E-state index in [1.165, 1.54) is 11.3 Å². The minimum atomic E-state index is -1.03. The number of hydrogen-bond acceptors (Lipinski definition) is 8. The van der Waals surface area contributed by atoms with Crippen molar-refractivity contribution in [3.8, 4) is 0 Å². The second-order valence-electron chi connectivity index (χ2n) is 8.75. The maximum absolute atomic E-state index is 12.9. The molecular weight excluding hydrogens is 446 g/mol. The zero-order valence-corrected chi connectivity index (χ0v) is 20.1. The number of thiophene rings is 1. The van der Waals surface area contributed by atoms with Gasteiger partial charge < -0.3 is 19.3 Å². The summed E-state index contributed by atoms with van der Waals surface area (Å²) in [6.45, 7) is 7.83. The summed E-state index contributed by atoms with van der Waals surface area (Å²) in [4.78, 5) is 25.9. The van der Waals surface area contributed by atoms with Crippen LogP contribution >= 0.6 is 11.3 Å². The maximum Gasteiger partial charge on any atom is 0.336 e. The van der Waals surface area contributed by atoms with E-state index in [0.29, 0.717) is 44.0 Å². The molecule has 11 heteroatoms. The number of carbonyl (C=O) groups excluding carboxylic acids is 1. The second kappa shape index (κ2) is 10.7. The molecule has 3 aromatic heterocycles. The fraction of sp³-hybridized carbons (Fsp3) is 0.500. The fourth-order valence-corrected chi connectivity index (χ4v) is 4.00. The van der Waals surface area contributed by atoms with Crippen molar-refractivity contribution in [3.05, 3.63) is 51.3 Å². The Morgan fingerprint density at radius 3 is 2.73 bits per heavy atom. The SMILES string of the molecule is COCCN(CCc1cn(Cc2cc(C(C)(C)C)no2)nn1)C(=O)Cc1cscc1C(=O)O. The highest BCUT2D eigenvalue weighted by atomic mass is 32.1. The van der Waals surface area contributed by atoms with E-state index in [0.717, 1.165) is 11.4 Å². The molecule has 0 aliphatic carbocycles. The summed E-state index contributed by atoms with van der Waals surface area (Å²) in [6, 6.07) is 1.92. The van der Waals surface area contributed by atoms with Gasteiger partial charge in [0.05, 0.1) is 30.0 Å². The first kappa shape index (κ1) is 24.6. The molecule has 0 radical (unpaired) electrons. The molecule has 0 aliphatic heterocycles. The van der Waals surface area contributed by atoms with Crippen molar-refractivity contribution >= 4 is 23.2 Å². The average Bonchev–Trinajstić information content (AvgIpc) is 3.49. The summed E-state index contributed by atoms with van der Waals surface area (Å²) in [5, 5.41) is 25.0. The molecule has 1 amide bonds. The Bertz CT molecular complexity index is 1080. The van der Waals surface area contributed by atoms with Gasteiger partial charge >= 0.3 is 5.97 Å². The number of methoxy groups -OCH3 is 1. The molecule has 0 saturated carbocycles. The Morgan fingerprint density at radius 2 is 2.06 bits per heavy atom. The second-order valence-corrected chi connectivity index (χ2v) is 9.50. The highest BCUT2D eigenvalue weighted by molar-refractivity contribution is 7.08. The highest BCUT2D eigenvalue weighted by Crippen LogP contribution is 2.22. The highest BCUT2D eigenvalue weighted by Gasteiger charge is 2.21. The Kier molecular flexibility index (Phi) is 7.98. The summed E-state index contributed by atoms with van der Waals surface area (Å²) in [5.74, 6) is -0.490. The number of rotatable bonds is 11. The van der Waals surface area contributed by atoms with Crippen LogP contribution in [0.4, 0.5) is 0 Å². The average molecular weight is 476 g/mol. The number of hydrogen-bond donors (Lipinski definition) is 1. The van der Waals surface area contributed by atoms with Crippen LogP contribution in [0.1, 0.15) is 53.8 Å². The summed E-state index contributed by atoms with van der Waals surface area (Å²) in [7, 11) is 1.57. The molecule has 33 heavy (non-hydrogen) atoms. The van der Waals surface area contributed by atoms with E-state index in [4.69, 9.17) is 9.26 Å². The monoisotopic (exact) mass is 475 g/mol. The zero-order valence-electron chi connectivity index (χ0n) is 19.3. The van der Waals surface area contributed by atoms with E-state index in [-0.39, 0.29) is 23.3 Å². The maximum atomic E-state index is 12.9. The van der Waals surface area contributed by atoms with Crippen LogP contribution in [0.5, 0.6) is 0 Å². The van der Waals surface area contributed by atoms with Gasteiger partial charge in [-0.3, -0.25) is 4.79 Å². The van der Waals surface area contributed by atoms with Crippen LogP contribution in [0.3, 0.4) is 0 Å². The first-order valence-electron chi connectivity index (χ1n) is 10.6. The van der Waals surface area contributed by atoms with E-state index in [2.05, 4.69) is 36.2 Å². The molecule has 3 heterocycles. The number of carbonyl (C=O) groups is 2. The van der Waals surface area contributed by atoms with Gasteiger partial charge in [-0.25, -0.2) is 9.48 Å². The van der Waals surface area contributed by atoms with Crippen molar-refractivity contribution in [2.75, 3.05) is 26.8 Å². The van der Waals surface area contributed by atoms with Crippen molar-refractivity contribution in [3.63, 3.8) is 0 Å². The first-order chi connectivity index (χ1) is 15.7. The molecule has 0 bridgehead atoms. The summed E-state index contributed by atoms with van der Waals surface area (Å²) < 4.78 is 12.2. The molecule has 0 atom stereocenters. The van der Waals surface area contributed by atoms with Gasteiger partial charge in [-0.05, 0) is 10.9 Å². The molecular formula is C22H29N5O5S. The molecule has 0 fully saturated rings. The van der Waals surface area contributed by atoms with Gasteiger partial charge in [-0.1, -0.05) is 31.1 Å². The summed E-state index contributed by atoms with van der Waals surface area (Å²) >= 11 is 1.27. The van der Waals surface area contributed by atoms with Crippen molar-refractivity contribution in [1.82, 2.24) is 25.1 Å². The standard InChI is InChI=1S/C22H29N5O5S/c1-22(2,3)19-10-17(32-24-19)12-27-11-16(23-25-27)5-6-26(7-8-31-4)20(28)9-15-13-33-14-18(15)21(29)30/h10-11,13-14H,5-9,12H2,1-4H3,(H,29,30). The van der Waals surface area contributed by atoms with Gasteiger partial charge in [-0.15, -0.1) is 5.10 Å². The van der Waals surface area contributed by atoms with E-state index in [9.17, 15) is 14.7 Å². The van der Waals surface area contributed by atoms with Crippen molar-refractivity contribution in [2.45, 2.75) is 45.6 Å². The Morgan fingerprint density at radius 1 is 1.27 bits per heavy atom. The molecule has 0 unspecified atom stereocenters. The van der Waals surface area contributed by atoms with Crippen LogP contribution in [-0.2, 0) is 34.3 Å². The summed E-state index contributed by atoms with van der Waals surface area (Å²) in [6.07, 6.45) is 2.36. The van der Waals surface area contributed by atoms with Crippen LogP contribution in [-0.4, -0.2) is 68.8 Å². The normalized spacial score (nSPS) is 11.6. The van der Waals surface area contributed by atoms with E-state index >= 15 is 0 Å². The minimum absolute atomic E-state index is 0.0309. The van der Waals surface area contributed by atoms with Crippen molar-refractivity contribution < 1.29 is 24.0 Å². The largest absolute Gasteiger partial charge is 0.478 e. The molecule has 3 aromatic rings. The number of nitrogens with zero attached hydrogens (tertiary/aromatic N) is 5. The first-order valence-corrected chi connectivity index (χ1v) is 11.5. The lowest BCUT2D eigenvalue weighted by Crippen LogP contribution is -2.36. The Labute approximate surface area is 196 Å². The van der Waals surface area contributed by atoms with Crippen LogP contribution in [0, 0.1) is 0 Å². The van der Waals surface area contributed by atoms with E-state index in [1.807, 2.05) is 12.3 Å². The van der Waals surface area contributed by atoms with Gasteiger partial charge in [0.2, 0.25) is 5.91 Å². The Hall–Kier alpha value is -3.05. The molecule has 1 N–H and O–H groups in total. The third kappa shape index (κ3) is 6.72. The van der Waals surface area contributed by atoms with Gasteiger partial charge in [0.1, 0.15) is 6.54 Å². The third-order valence-electron chi connectivity index (χ3n) is 5.10. The lowest BCUT2D eigenvalue weighted by molar-refractivity contribution is -0.131. The molecule has 0 aliphatic rings. The molecule has 0 saturated heterocycles. The van der Waals surface area contributed by atoms with Crippen LogP contribution in [0.25, 0.3) is 0 Å². The number of amides is 1. The smallest absolute Gasteiger partial charge is 0.336 e. The topological polar surface area (TPSA) is 124 Å². The lowest BCUT2D eigenvalue weighted by atomic mass is 9.92. The zero-order chi connectivity index (χ0) is 24.0. The minimum Gasteiger partial charge on any atom is -0.478 e.